The number of nitrogens with one attached hydrogen (secondary N) is 1. The molecule has 0 heterocycles. The molecule has 0 aliphatic carbocycles. The Morgan fingerprint density at radius 3 is 2.71 bits per heavy atom. The van der Waals surface area contributed by atoms with Gasteiger partial charge in [-0.05, 0) is 55.3 Å². The monoisotopic (exact) mass is 307 g/mol. The van der Waals surface area contributed by atoms with E-state index in [1.165, 1.54) is 6.07 Å². The molecule has 0 saturated carbocycles. The molecule has 5 heteroatoms. The summed E-state index contributed by atoms with van der Waals surface area (Å²) in [5.41, 5.74) is 1.87. The Kier molecular flexibility index (Phi) is 4.81. The highest BCUT2D eigenvalue weighted by Crippen LogP contribution is 2.21. The molecule has 2 aromatic carbocycles. The lowest BCUT2D eigenvalue weighted by atomic mass is 10.2. The standard InChI is InChI=1S/C16H15ClFNO2/c1-10-3-6-14(18)15(7-10)19-16(20)9-21-12-4-5-13(17)11(2)8-12/h3-8H,9H2,1-2H3,(H,19,20). The van der Waals surface area contributed by atoms with Crippen LogP contribution in [0.25, 0.3) is 0 Å². The average Bonchev–Trinajstić information content (AvgIpc) is 2.44. The number of amides is 1. The maximum absolute atomic E-state index is 13.5. The SMILES string of the molecule is Cc1ccc(F)c(NC(=O)COc2ccc(Cl)c(C)c2)c1. The maximum atomic E-state index is 13.5. The van der Waals surface area contributed by atoms with Crippen molar-refractivity contribution >= 4 is 23.2 Å². The summed E-state index contributed by atoms with van der Waals surface area (Å²) in [6.07, 6.45) is 0. The van der Waals surface area contributed by atoms with Gasteiger partial charge in [0.25, 0.3) is 5.91 Å². The van der Waals surface area contributed by atoms with Crippen LogP contribution in [0.3, 0.4) is 0 Å². The predicted molar refractivity (Wildman–Crippen MR) is 81.5 cm³/mol. The van der Waals surface area contributed by atoms with Crippen molar-refractivity contribution in [1.82, 2.24) is 0 Å². The molecule has 110 valence electrons. The first-order chi connectivity index (χ1) is 9.95. The van der Waals surface area contributed by atoms with Gasteiger partial charge in [-0.3, -0.25) is 4.79 Å². The lowest BCUT2D eigenvalue weighted by Gasteiger charge is -2.09. The molecule has 0 aliphatic heterocycles. The van der Waals surface area contributed by atoms with Gasteiger partial charge in [0.1, 0.15) is 11.6 Å². The summed E-state index contributed by atoms with van der Waals surface area (Å²) in [5.74, 6) is -0.361. The van der Waals surface area contributed by atoms with Gasteiger partial charge in [-0.1, -0.05) is 17.7 Å². The average molecular weight is 308 g/mol. The van der Waals surface area contributed by atoms with Gasteiger partial charge in [-0.15, -0.1) is 0 Å². The smallest absolute Gasteiger partial charge is 0.262 e. The van der Waals surface area contributed by atoms with Crippen LogP contribution in [0.1, 0.15) is 11.1 Å². The third kappa shape index (κ3) is 4.20. The van der Waals surface area contributed by atoms with E-state index < -0.39 is 11.7 Å². The lowest BCUT2D eigenvalue weighted by Crippen LogP contribution is -2.20. The second-order valence-electron chi connectivity index (χ2n) is 4.73. The number of hydrogen-bond donors (Lipinski definition) is 1. The topological polar surface area (TPSA) is 38.3 Å². The molecule has 21 heavy (non-hydrogen) atoms. The normalized spacial score (nSPS) is 10.3. The van der Waals surface area contributed by atoms with Crippen LogP contribution < -0.4 is 10.1 Å². The van der Waals surface area contributed by atoms with Crippen molar-refractivity contribution < 1.29 is 13.9 Å². The molecule has 0 bridgehead atoms. The summed E-state index contributed by atoms with van der Waals surface area (Å²) in [7, 11) is 0. The molecule has 0 fully saturated rings. The molecule has 2 aromatic rings. The highest BCUT2D eigenvalue weighted by atomic mass is 35.5. The Hall–Kier alpha value is -2.07. The van der Waals surface area contributed by atoms with Crippen LogP contribution in [0.2, 0.25) is 5.02 Å². The van der Waals surface area contributed by atoms with Crippen LogP contribution >= 0.6 is 11.6 Å². The highest BCUT2D eigenvalue weighted by Gasteiger charge is 2.08. The molecule has 0 aromatic heterocycles. The predicted octanol–water partition coefficient (Wildman–Crippen LogP) is 4.11. The van der Waals surface area contributed by atoms with E-state index in [9.17, 15) is 9.18 Å². The molecule has 2 rings (SSSR count). The molecule has 0 unspecified atom stereocenters. The van der Waals surface area contributed by atoms with Crippen LogP contribution in [0.15, 0.2) is 36.4 Å². The van der Waals surface area contributed by atoms with Crippen molar-refractivity contribution in [1.29, 1.82) is 0 Å². The van der Waals surface area contributed by atoms with Crippen molar-refractivity contribution in [3.05, 3.63) is 58.4 Å². The first-order valence-corrected chi connectivity index (χ1v) is 6.78. The number of anilines is 1. The first kappa shape index (κ1) is 15.3. The quantitative estimate of drug-likeness (QED) is 0.923. The molecule has 3 nitrogen and oxygen atoms in total. The number of carbonyl (C=O) groups is 1. The molecule has 0 spiro atoms. The number of halogens is 2. The maximum Gasteiger partial charge on any atom is 0.262 e. The van der Waals surface area contributed by atoms with Gasteiger partial charge in [0.05, 0.1) is 5.69 Å². The fourth-order valence-electron chi connectivity index (χ4n) is 1.78. The number of aryl methyl sites for hydroxylation is 2. The molecule has 1 amide bonds. The molecule has 1 N–H and O–H groups in total. The summed E-state index contributed by atoms with van der Waals surface area (Å²) < 4.78 is 18.9. The van der Waals surface area contributed by atoms with Crippen molar-refractivity contribution in [3.63, 3.8) is 0 Å². The second kappa shape index (κ2) is 6.59. The fourth-order valence-corrected chi connectivity index (χ4v) is 1.89. The molecule has 0 radical (unpaired) electrons. The first-order valence-electron chi connectivity index (χ1n) is 6.40. The minimum absolute atomic E-state index is 0.149. The fraction of sp³-hybridized carbons (Fsp3) is 0.188. The number of carbonyl (C=O) groups excluding carboxylic acids is 1. The zero-order valence-corrected chi connectivity index (χ0v) is 12.5. The molecular formula is C16H15ClFNO2. The molecule has 0 atom stereocenters. The van der Waals surface area contributed by atoms with Crippen LogP contribution in [-0.4, -0.2) is 12.5 Å². The minimum Gasteiger partial charge on any atom is -0.484 e. The third-order valence-electron chi connectivity index (χ3n) is 2.90. The van der Waals surface area contributed by atoms with Crippen molar-refractivity contribution in [3.8, 4) is 5.75 Å². The van der Waals surface area contributed by atoms with E-state index in [0.29, 0.717) is 10.8 Å². The largest absolute Gasteiger partial charge is 0.484 e. The number of rotatable bonds is 4. The van der Waals surface area contributed by atoms with Crippen LogP contribution in [-0.2, 0) is 4.79 Å². The summed E-state index contributed by atoms with van der Waals surface area (Å²) >= 11 is 5.91. The van der Waals surface area contributed by atoms with E-state index in [2.05, 4.69) is 5.32 Å². The van der Waals surface area contributed by atoms with Crippen LogP contribution in [0, 0.1) is 19.7 Å². The van der Waals surface area contributed by atoms with E-state index in [1.807, 2.05) is 13.8 Å². The third-order valence-corrected chi connectivity index (χ3v) is 3.32. The zero-order valence-electron chi connectivity index (χ0n) is 11.7. The number of benzene rings is 2. The van der Waals surface area contributed by atoms with E-state index in [-0.39, 0.29) is 12.3 Å². The van der Waals surface area contributed by atoms with Gasteiger partial charge < -0.3 is 10.1 Å². The molecular weight excluding hydrogens is 293 g/mol. The number of ether oxygens (including phenoxy) is 1. The van der Waals surface area contributed by atoms with Crippen molar-refractivity contribution in [2.24, 2.45) is 0 Å². The van der Waals surface area contributed by atoms with Gasteiger partial charge in [-0.2, -0.15) is 0 Å². The zero-order chi connectivity index (χ0) is 15.4. The Bertz CT molecular complexity index is 673. The van der Waals surface area contributed by atoms with E-state index >= 15 is 0 Å². The van der Waals surface area contributed by atoms with Gasteiger partial charge >= 0.3 is 0 Å². The Morgan fingerprint density at radius 1 is 1.24 bits per heavy atom. The summed E-state index contributed by atoms with van der Waals surface area (Å²) in [5, 5.41) is 3.12. The van der Waals surface area contributed by atoms with E-state index in [0.717, 1.165) is 11.1 Å². The van der Waals surface area contributed by atoms with Crippen LogP contribution in [0.5, 0.6) is 5.75 Å². The van der Waals surface area contributed by atoms with Crippen LogP contribution in [0.4, 0.5) is 10.1 Å². The van der Waals surface area contributed by atoms with Gasteiger partial charge in [0.2, 0.25) is 0 Å². The van der Waals surface area contributed by atoms with E-state index in [1.54, 1.807) is 30.3 Å². The second-order valence-corrected chi connectivity index (χ2v) is 5.14. The molecule has 0 saturated heterocycles. The Morgan fingerprint density at radius 2 is 2.00 bits per heavy atom. The van der Waals surface area contributed by atoms with Gasteiger partial charge in [0.15, 0.2) is 6.61 Å². The van der Waals surface area contributed by atoms with E-state index in [4.69, 9.17) is 16.3 Å². The minimum atomic E-state index is -0.476. The summed E-state index contributed by atoms with van der Waals surface area (Å²) in [6, 6.07) is 9.63. The lowest BCUT2D eigenvalue weighted by molar-refractivity contribution is -0.118. The van der Waals surface area contributed by atoms with Crippen molar-refractivity contribution in [2.75, 3.05) is 11.9 Å². The highest BCUT2D eigenvalue weighted by molar-refractivity contribution is 6.31. The Labute approximate surface area is 127 Å². The van der Waals surface area contributed by atoms with Gasteiger partial charge in [0, 0.05) is 5.02 Å². The molecule has 0 aliphatic rings. The van der Waals surface area contributed by atoms with Gasteiger partial charge in [-0.25, -0.2) is 4.39 Å². The summed E-state index contributed by atoms with van der Waals surface area (Å²) in [4.78, 5) is 11.8. The number of hydrogen-bond acceptors (Lipinski definition) is 2. The summed E-state index contributed by atoms with van der Waals surface area (Å²) in [6.45, 7) is 3.47. The Balaban J connectivity index is 1.95. The van der Waals surface area contributed by atoms with Crippen molar-refractivity contribution in [2.45, 2.75) is 13.8 Å².